The molecule has 0 aliphatic rings. The summed E-state index contributed by atoms with van der Waals surface area (Å²) in [4.78, 5) is 0. The van der Waals surface area contributed by atoms with Crippen molar-refractivity contribution >= 4 is 52.5 Å². The second-order valence-corrected chi connectivity index (χ2v) is 18.9. The highest BCUT2D eigenvalue weighted by atomic mass is 32.2. The van der Waals surface area contributed by atoms with E-state index in [2.05, 4.69) is 10.2 Å². The molecule has 0 fully saturated rings. The summed E-state index contributed by atoms with van der Waals surface area (Å²) in [5.41, 5.74) is 1.55. The average Bonchev–Trinajstić information content (AvgIpc) is 3.11. The second kappa shape index (κ2) is 28.1. The molecule has 0 aromatic heterocycles. The first kappa shape index (κ1) is 44.7. The third-order valence-corrected chi connectivity index (χ3v) is 15.7. The third kappa shape index (κ3) is 18.9. The maximum Gasteiger partial charge on any atom is 0.500 e. The van der Waals surface area contributed by atoms with Gasteiger partial charge in [0.1, 0.15) is 11.5 Å². The van der Waals surface area contributed by atoms with Gasteiger partial charge in [-0.2, -0.15) is 33.8 Å². The van der Waals surface area contributed by atoms with Crippen LogP contribution in [0.25, 0.3) is 0 Å². The maximum atomic E-state index is 5.94. The number of nitrogens with zero attached hydrogens (tertiary/aromatic N) is 2. The van der Waals surface area contributed by atoms with Crippen LogP contribution in [-0.4, -0.2) is 93.5 Å². The monoisotopic (exact) mass is 770 g/mol. The molecule has 50 heavy (non-hydrogen) atoms. The van der Waals surface area contributed by atoms with Gasteiger partial charge in [-0.3, -0.25) is 0 Å². The van der Waals surface area contributed by atoms with E-state index in [4.69, 9.17) is 36.0 Å². The van der Waals surface area contributed by atoms with Gasteiger partial charge in [-0.25, -0.2) is 0 Å². The highest BCUT2D eigenvalue weighted by Crippen LogP contribution is 2.25. The Morgan fingerprint density at radius 3 is 1.04 bits per heavy atom. The van der Waals surface area contributed by atoms with Gasteiger partial charge in [0.25, 0.3) is 0 Å². The molecule has 0 N–H and O–H groups in total. The van der Waals surface area contributed by atoms with Crippen molar-refractivity contribution in [2.75, 3.05) is 75.9 Å². The third-order valence-electron chi connectivity index (χ3n) is 7.09. The van der Waals surface area contributed by atoms with Crippen LogP contribution < -0.4 is 9.47 Å². The molecule has 0 saturated heterocycles. The van der Waals surface area contributed by atoms with Crippen molar-refractivity contribution in [3.8, 4) is 11.5 Å². The zero-order valence-corrected chi connectivity index (χ0v) is 35.0. The van der Waals surface area contributed by atoms with Gasteiger partial charge in [0.2, 0.25) is 0 Å². The van der Waals surface area contributed by atoms with Gasteiger partial charge in [0.05, 0.1) is 24.6 Å². The SMILES string of the molecule is CCO[Si](CCCSCCCOc1ccc(N=Nc2ccc(OCCCSCCC[Si](OCC)(OCC)OCC)cc2)cc1)(OCC)OCC. The Labute approximate surface area is 312 Å². The molecule has 2 aromatic rings. The average molecular weight is 771 g/mol. The van der Waals surface area contributed by atoms with E-state index in [1.807, 2.05) is 114 Å². The Bertz CT molecular complexity index is 1010. The zero-order valence-electron chi connectivity index (χ0n) is 31.3. The minimum atomic E-state index is -2.53. The molecule has 0 bridgehead atoms. The molecule has 0 heterocycles. The fourth-order valence-corrected chi connectivity index (χ4v) is 12.5. The van der Waals surface area contributed by atoms with E-state index >= 15 is 0 Å². The largest absolute Gasteiger partial charge is 0.500 e. The van der Waals surface area contributed by atoms with Crippen molar-refractivity contribution in [1.29, 1.82) is 0 Å². The van der Waals surface area contributed by atoms with Gasteiger partial charge in [-0.1, -0.05) is 0 Å². The van der Waals surface area contributed by atoms with Crippen molar-refractivity contribution in [3.05, 3.63) is 48.5 Å². The molecule has 10 nitrogen and oxygen atoms in total. The first-order valence-corrected chi connectivity index (χ1v) is 24.5. The molecule has 2 rings (SSSR count). The molecule has 2 aromatic carbocycles. The van der Waals surface area contributed by atoms with E-state index in [1.165, 1.54) is 0 Å². The summed E-state index contributed by atoms with van der Waals surface area (Å²) >= 11 is 3.87. The summed E-state index contributed by atoms with van der Waals surface area (Å²) in [7, 11) is -5.06. The lowest BCUT2D eigenvalue weighted by Gasteiger charge is -2.28. The molecular formula is C36H62N2O8S2Si2. The van der Waals surface area contributed by atoms with Crippen LogP contribution in [0.4, 0.5) is 11.4 Å². The summed E-state index contributed by atoms with van der Waals surface area (Å²) in [6.45, 7) is 17.1. The Balaban J connectivity index is 1.58. The van der Waals surface area contributed by atoms with Crippen molar-refractivity contribution in [2.24, 2.45) is 10.2 Å². The van der Waals surface area contributed by atoms with E-state index in [1.54, 1.807) is 0 Å². The summed E-state index contributed by atoms with van der Waals surface area (Å²) in [5.74, 6) is 5.88. The van der Waals surface area contributed by atoms with Gasteiger partial charge in [-0.05, 0) is 139 Å². The first-order chi connectivity index (χ1) is 24.5. The summed E-state index contributed by atoms with van der Waals surface area (Å²) < 4.78 is 47.5. The predicted octanol–water partition coefficient (Wildman–Crippen LogP) is 9.98. The molecule has 0 spiro atoms. The molecule has 0 atom stereocenters. The Morgan fingerprint density at radius 2 is 0.740 bits per heavy atom. The van der Waals surface area contributed by atoms with Gasteiger partial charge in [0, 0.05) is 51.7 Å². The highest BCUT2D eigenvalue weighted by Gasteiger charge is 2.40. The van der Waals surface area contributed by atoms with Crippen LogP contribution in [0.1, 0.15) is 67.2 Å². The van der Waals surface area contributed by atoms with E-state index in [0.717, 1.165) is 83.7 Å². The second-order valence-electron chi connectivity index (χ2n) is 11.0. The molecule has 284 valence electrons. The van der Waals surface area contributed by atoms with E-state index in [0.29, 0.717) is 52.9 Å². The smallest absolute Gasteiger partial charge is 0.494 e. The quantitative estimate of drug-likeness (QED) is 0.0406. The van der Waals surface area contributed by atoms with Crippen LogP contribution in [0, 0.1) is 0 Å². The highest BCUT2D eigenvalue weighted by molar-refractivity contribution is 7.99. The molecule has 0 saturated carbocycles. The topological polar surface area (TPSA) is 98.6 Å². The van der Waals surface area contributed by atoms with Gasteiger partial charge in [0.15, 0.2) is 0 Å². The van der Waals surface area contributed by atoms with Crippen molar-refractivity contribution in [2.45, 2.75) is 79.3 Å². The van der Waals surface area contributed by atoms with Gasteiger partial charge < -0.3 is 36.0 Å². The Hall–Kier alpha value is -1.47. The number of azo groups is 1. The van der Waals surface area contributed by atoms with Crippen molar-refractivity contribution in [1.82, 2.24) is 0 Å². The van der Waals surface area contributed by atoms with E-state index in [-0.39, 0.29) is 0 Å². The van der Waals surface area contributed by atoms with Crippen LogP contribution in [0.3, 0.4) is 0 Å². The van der Waals surface area contributed by atoms with Crippen LogP contribution in [-0.2, 0) is 26.6 Å². The lowest BCUT2D eigenvalue weighted by atomic mass is 10.3. The van der Waals surface area contributed by atoms with Crippen LogP contribution in [0.2, 0.25) is 12.1 Å². The summed E-state index contributed by atoms with van der Waals surface area (Å²) in [6, 6.07) is 17.2. The number of hydrogen-bond acceptors (Lipinski definition) is 12. The fourth-order valence-electron chi connectivity index (χ4n) is 5.02. The van der Waals surface area contributed by atoms with Crippen molar-refractivity contribution in [3.63, 3.8) is 0 Å². The minimum Gasteiger partial charge on any atom is -0.494 e. The lowest BCUT2D eigenvalue weighted by molar-refractivity contribution is 0.0704. The first-order valence-electron chi connectivity index (χ1n) is 18.3. The number of hydrogen-bond donors (Lipinski definition) is 0. The molecule has 0 unspecified atom stereocenters. The number of rotatable bonds is 32. The minimum absolute atomic E-state index is 0.622. The van der Waals surface area contributed by atoms with Gasteiger partial charge in [-0.15, -0.1) is 0 Å². The Kier molecular flexibility index (Phi) is 25.1. The van der Waals surface area contributed by atoms with Crippen LogP contribution >= 0.6 is 23.5 Å². The van der Waals surface area contributed by atoms with Crippen LogP contribution in [0.15, 0.2) is 58.8 Å². The molecule has 0 radical (unpaired) electrons. The summed E-state index contributed by atoms with van der Waals surface area (Å²) in [6.07, 6.45) is 4.02. The normalized spacial score (nSPS) is 12.2. The van der Waals surface area contributed by atoms with Gasteiger partial charge >= 0.3 is 17.6 Å². The summed E-state index contributed by atoms with van der Waals surface area (Å²) in [5, 5.41) is 8.74. The molecular weight excluding hydrogens is 709 g/mol. The van der Waals surface area contributed by atoms with E-state index in [9.17, 15) is 0 Å². The number of ether oxygens (including phenoxy) is 2. The predicted molar refractivity (Wildman–Crippen MR) is 212 cm³/mol. The standard InChI is InChI=1S/C36H62N2O8S2Si2/c1-7-41-49(42-8-2,43-9-3)31-15-29-47-27-13-25-39-35-21-17-33(18-22-35)37-38-34-19-23-36(24-20-34)40-26-14-28-48-30-16-32-50(44-10-4,45-11-5)46-12-6/h17-24H,7-16,25-32H2,1-6H3. The molecule has 14 heteroatoms. The number of benzene rings is 2. The van der Waals surface area contributed by atoms with Crippen molar-refractivity contribution < 1.29 is 36.0 Å². The molecule has 0 amide bonds. The number of thioether (sulfide) groups is 2. The van der Waals surface area contributed by atoms with E-state index < -0.39 is 17.6 Å². The zero-order chi connectivity index (χ0) is 36.2. The Morgan fingerprint density at radius 1 is 0.440 bits per heavy atom. The maximum absolute atomic E-state index is 5.94. The fraction of sp³-hybridized carbons (Fsp3) is 0.667. The molecule has 0 aliphatic heterocycles. The molecule has 0 aliphatic carbocycles. The van der Waals surface area contributed by atoms with Crippen LogP contribution in [0.5, 0.6) is 11.5 Å². The lowest BCUT2D eigenvalue weighted by Crippen LogP contribution is -2.46.